The number of hydrogen-bond acceptors (Lipinski definition) is 0. The molecule has 0 rings (SSSR count). The van der Waals surface area contributed by atoms with Gasteiger partial charge >= 0.3 is 17.1 Å². The summed E-state index contributed by atoms with van der Waals surface area (Å²) in [5, 5.41) is 0. The van der Waals surface area contributed by atoms with Crippen molar-refractivity contribution in [2.45, 2.75) is 0 Å². The molecule has 0 amide bonds. The Morgan fingerprint density at radius 2 is 0.333 bits per heavy atom. The predicted molar refractivity (Wildman–Crippen MR) is 21.7 cm³/mol. The largest absolute Gasteiger partial charge is 2.00 e. The minimum absolute atomic E-state index is 0. The van der Waals surface area contributed by atoms with Crippen molar-refractivity contribution in [1.82, 2.24) is 0 Å². The fourth-order valence-electron chi connectivity index (χ4n) is 0. The van der Waals surface area contributed by atoms with Gasteiger partial charge in [-0.1, -0.05) is 0 Å². The molecule has 9 heavy (non-hydrogen) atoms. The van der Waals surface area contributed by atoms with Gasteiger partial charge in [0.25, 0.3) is 0 Å². The summed E-state index contributed by atoms with van der Waals surface area (Å²) >= 11 is 0. The Morgan fingerprint density at radius 1 is 0.333 bits per heavy atom. The van der Waals surface area contributed by atoms with Crippen LogP contribution >= 0.6 is 0 Å². The van der Waals surface area contributed by atoms with E-state index in [2.05, 4.69) is 0 Å². The van der Waals surface area contributed by atoms with Crippen LogP contribution in [0.2, 0.25) is 0 Å². The third-order valence-electron chi connectivity index (χ3n) is 0. The quantitative estimate of drug-likeness (QED) is 0.383. The molecule has 0 unspecified atom stereocenters. The Morgan fingerprint density at radius 3 is 0.333 bits per heavy atom. The van der Waals surface area contributed by atoms with Crippen LogP contribution in [-0.2, 0) is 17.1 Å². The molecule has 0 atom stereocenters. The van der Waals surface area contributed by atoms with E-state index < -0.39 is 0 Å². The molecule has 0 aliphatic carbocycles. The Hall–Kier alpha value is 1.24. The normalized spacial score (nSPS) is 0. The van der Waals surface area contributed by atoms with Crippen LogP contribution in [-0.4, -0.2) is 32.9 Å². The summed E-state index contributed by atoms with van der Waals surface area (Å²) in [5.74, 6) is 0. The summed E-state index contributed by atoms with van der Waals surface area (Å²) < 4.78 is 0. The van der Waals surface area contributed by atoms with Crippen molar-refractivity contribution in [3.8, 4) is 0 Å². The van der Waals surface area contributed by atoms with E-state index in [-0.39, 0.29) is 83.9 Å². The molecule has 1 radical (unpaired) electrons. The second-order valence-electron chi connectivity index (χ2n) is 0. The first kappa shape index (κ1) is 569. The summed E-state index contributed by atoms with van der Waals surface area (Å²) in [5.41, 5.74) is 0. The number of halogens is 2. The van der Waals surface area contributed by atoms with E-state index in [4.69, 9.17) is 0 Å². The molecule has 6 nitrogen and oxygen atoms in total. The van der Waals surface area contributed by atoms with Crippen LogP contribution in [0.25, 0.3) is 0 Å². The standard InChI is InChI=1S/2BrH.Mn.6H2O/h2*1H;;6*1H2/q;;+2;;;;;;/p-2. The van der Waals surface area contributed by atoms with Crippen molar-refractivity contribution >= 4 is 0 Å². The van der Waals surface area contributed by atoms with E-state index in [1.54, 1.807) is 0 Å². The first-order valence-electron chi connectivity index (χ1n) is 0. The average Bonchev–Trinajstić information content (AvgIpc) is 0. The number of rotatable bonds is 0. The van der Waals surface area contributed by atoms with Crippen LogP contribution in [0.4, 0.5) is 0 Å². The summed E-state index contributed by atoms with van der Waals surface area (Å²) in [7, 11) is 0. The molecular formula is H12Br2MnO6. The third-order valence-corrected chi connectivity index (χ3v) is 0. The summed E-state index contributed by atoms with van der Waals surface area (Å²) in [6.07, 6.45) is 0. The molecule has 12 N–H and O–H groups in total. The van der Waals surface area contributed by atoms with Crippen molar-refractivity contribution in [3.63, 3.8) is 0 Å². The summed E-state index contributed by atoms with van der Waals surface area (Å²) in [4.78, 5) is 0. The molecule has 0 aromatic rings. The molecule has 69 valence electrons. The van der Waals surface area contributed by atoms with Gasteiger partial charge in [-0.2, -0.15) is 0 Å². The molecule has 0 saturated heterocycles. The topological polar surface area (TPSA) is 189 Å². The molecule has 0 heterocycles. The molecule has 0 spiro atoms. The van der Waals surface area contributed by atoms with Gasteiger partial charge in [-0.05, 0) is 0 Å². The molecule has 0 aliphatic rings. The summed E-state index contributed by atoms with van der Waals surface area (Å²) in [6.45, 7) is 0. The summed E-state index contributed by atoms with van der Waals surface area (Å²) in [6, 6.07) is 0. The van der Waals surface area contributed by atoms with Gasteiger partial charge in [-0.25, -0.2) is 0 Å². The van der Waals surface area contributed by atoms with Crippen LogP contribution in [0.15, 0.2) is 0 Å². The second kappa shape index (κ2) is 408. The zero-order valence-electron chi connectivity index (χ0n) is 4.13. The minimum Gasteiger partial charge on any atom is -1.00 e. The smallest absolute Gasteiger partial charge is 1.00 e. The van der Waals surface area contributed by atoms with E-state index in [1.807, 2.05) is 0 Å². The van der Waals surface area contributed by atoms with Gasteiger partial charge in [0.2, 0.25) is 0 Å². The Kier molecular flexibility index (Phi) is 25800. The van der Waals surface area contributed by atoms with E-state index in [0.717, 1.165) is 0 Å². The van der Waals surface area contributed by atoms with Gasteiger partial charge in [0.1, 0.15) is 0 Å². The SMILES string of the molecule is O.O.O.O.O.O.[Br-].[Br-].[Mn+2]. The van der Waals surface area contributed by atoms with Gasteiger partial charge in [0.05, 0.1) is 0 Å². The maximum Gasteiger partial charge on any atom is 2.00 e. The first-order valence-corrected chi connectivity index (χ1v) is 0. The van der Waals surface area contributed by atoms with Gasteiger partial charge in [0, 0.05) is 0 Å². The molecular weight excluding hydrogens is 311 g/mol. The van der Waals surface area contributed by atoms with E-state index in [1.165, 1.54) is 0 Å². The maximum atomic E-state index is 0. The van der Waals surface area contributed by atoms with Crippen molar-refractivity contribution in [2.24, 2.45) is 0 Å². The fraction of sp³-hybridized carbons (Fsp3) is 0. The van der Waals surface area contributed by atoms with Crippen LogP contribution in [0, 0.1) is 0 Å². The van der Waals surface area contributed by atoms with Crippen LogP contribution in [0.1, 0.15) is 0 Å². The van der Waals surface area contributed by atoms with E-state index >= 15 is 0 Å². The molecule has 0 fully saturated rings. The van der Waals surface area contributed by atoms with Crippen LogP contribution in [0.5, 0.6) is 0 Å². The average molecular weight is 323 g/mol. The predicted octanol–water partition coefficient (Wildman–Crippen LogP) is -10.9. The zero-order chi connectivity index (χ0) is 0. The van der Waals surface area contributed by atoms with Crippen molar-refractivity contribution in [1.29, 1.82) is 0 Å². The number of hydrogen-bond donors (Lipinski definition) is 0. The van der Waals surface area contributed by atoms with Crippen molar-refractivity contribution < 1.29 is 83.9 Å². The van der Waals surface area contributed by atoms with Gasteiger partial charge < -0.3 is 66.8 Å². The van der Waals surface area contributed by atoms with E-state index in [9.17, 15) is 0 Å². The van der Waals surface area contributed by atoms with Crippen LogP contribution < -0.4 is 34.0 Å². The van der Waals surface area contributed by atoms with Gasteiger partial charge in [-0.15, -0.1) is 0 Å². The third kappa shape index (κ3) is 315. The molecule has 0 aliphatic heterocycles. The molecule has 9 heteroatoms. The zero-order valence-corrected chi connectivity index (χ0v) is 8.49. The van der Waals surface area contributed by atoms with Crippen molar-refractivity contribution in [3.05, 3.63) is 0 Å². The minimum atomic E-state index is 0. The van der Waals surface area contributed by atoms with Gasteiger partial charge in [-0.3, -0.25) is 0 Å². The van der Waals surface area contributed by atoms with Gasteiger partial charge in [0.15, 0.2) is 0 Å². The second-order valence-corrected chi connectivity index (χ2v) is 0. The Bertz CT molecular complexity index is 11.0. The molecule has 0 aromatic heterocycles. The van der Waals surface area contributed by atoms with E-state index in [0.29, 0.717) is 0 Å². The first-order chi connectivity index (χ1) is 0. The van der Waals surface area contributed by atoms with Crippen LogP contribution in [0.3, 0.4) is 0 Å². The monoisotopic (exact) mass is 321 g/mol. The van der Waals surface area contributed by atoms with Crippen molar-refractivity contribution in [2.75, 3.05) is 0 Å². The molecule has 0 bridgehead atoms. The molecule has 0 saturated carbocycles. The Balaban J connectivity index is 0. The Labute approximate surface area is 83.9 Å². The molecule has 0 aromatic carbocycles. The maximum absolute atomic E-state index is 0. The fourth-order valence-corrected chi connectivity index (χ4v) is 0.